The minimum absolute atomic E-state index is 0.0332. The molecular formula is C30H33N7O8. The first-order valence-electron chi connectivity index (χ1n) is 13.9. The van der Waals surface area contributed by atoms with Crippen LogP contribution in [0.2, 0.25) is 0 Å². The summed E-state index contributed by atoms with van der Waals surface area (Å²) in [5.41, 5.74) is 10.6. The number of imidazole rings is 1. The molecule has 0 saturated carbocycles. The van der Waals surface area contributed by atoms with E-state index in [-0.39, 0.29) is 12.3 Å². The van der Waals surface area contributed by atoms with Crippen molar-refractivity contribution in [3.05, 3.63) is 93.5 Å². The van der Waals surface area contributed by atoms with Gasteiger partial charge in [0.15, 0.2) is 12.1 Å². The Labute approximate surface area is 258 Å². The van der Waals surface area contributed by atoms with E-state index in [2.05, 4.69) is 14.9 Å². The van der Waals surface area contributed by atoms with Crippen LogP contribution in [0.1, 0.15) is 41.8 Å². The van der Waals surface area contributed by atoms with Gasteiger partial charge in [0.1, 0.15) is 6.61 Å². The smallest absolute Gasteiger partial charge is 0.342 e. The van der Waals surface area contributed by atoms with E-state index in [1.807, 2.05) is 47.9 Å². The fourth-order valence-corrected chi connectivity index (χ4v) is 4.46. The number of hydrogen-bond acceptors (Lipinski definition) is 11. The van der Waals surface area contributed by atoms with Crippen molar-refractivity contribution >= 4 is 28.7 Å². The number of hydrogen-bond donors (Lipinski definition) is 2. The van der Waals surface area contributed by atoms with Crippen LogP contribution in [0.25, 0.3) is 22.2 Å². The van der Waals surface area contributed by atoms with E-state index in [0.717, 1.165) is 16.7 Å². The highest BCUT2D eigenvalue weighted by Gasteiger charge is 2.22. The number of aromatic nitrogens is 2. The molecule has 0 radical (unpaired) electrons. The average molecular weight is 620 g/mol. The lowest BCUT2D eigenvalue weighted by molar-refractivity contribution is -0.757. The Morgan fingerprint density at radius 3 is 2.49 bits per heavy atom. The molecule has 4 aromatic rings. The molecule has 15 nitrogen and oxygen atoms in total. The summed E-state index contributed by atoms with van der Waals surface area (Å²) in [5.74, 6) is 4.42. The molecule has 4 N–H and O–H groups in total. The molecule has 1 atom stereocenters. The number of rotatable bonds is 14. The molecule has 0 saturated heterocycles. The van der Waals surface area contributed by atoms with E-state index in [1.54, 1.807) is 37.3 Å². The molecule has 4 rings (SSSR count). The molecule has 45 heavy (non-hydrogen) atoms. The van der Waals surface area contributed by atoms with Crippen LogP contribution in [-0.4, -0.2) is 64.1 Å². The number of hydrazone groups is 1. The minimum Gasteiger partial charge on any atom is -0.465 e. The largest absolute Gasteiger partial charge is 0.465 e. The van der Waals surface area contributed by atoms with Gasteiger partial charge in [-0.1, -0.05) is 54.6 Å². The standard InChI is InChI=1S/C30H33N7O8/c1-4-43-30-33-25-11-7-10-24(29(39)45-19(2)42-3)27(25)35(30)18-20-12-14-21(15-13-20)22-8-5-6-9-23(22)28(31)34-36(32)26(38)16-17-44-37(40)41/h5-15,19H,4,16-18,32H2,1-3H3,(H2,31,34). The molecule has 15 heteroatoms. The number of hydrazine groups is 1. The van der Waals surface area contributed by atoms with Crippen molar-refractivity contribution in [2.24, 2.45) is 16.7 Å². The van der Waals surface area contributed by atoms with E-state index in [9.17, 15) is 19.7 Å². The van der Waals surface area contributed by atoms with Gasteiger partial charge in [-0.05, 0) is 42.7 Å². The van der Waals surface area contributed by atoms with E-state index in [4.69, 9.17) is 25.8 Å². The Bertz CT molecular complexity index is 1700. The molecule has 0 bridgehead atoms. The molecule has 0 aliphatic heterocycles. The molecule has 0 aliphatic carbocycles. The first-order valence-corrected chi connectivity index (χ1v) is 13.9. The number of fused-ring (bicyclic) bond motifs is 1. The van der Waals surface area contributed by atoms with Gasteiger partial charge in [-0.3, -0.25) is 9.36 Å². The number of methoxy groups -OCH3 is 1. The van der Waals surface area contributed by atoms with Crippen LogP contribution in [0.15, 0.2) is 71.8 Å². The van der Waals surface area contributed by atoms with Gasteiger partial charge in [0, 0.05) is 12.7 Å². The maximum absolute atomic E-state index is 13.0. The van der Waals surface area contributed by atoms with E-state index >= 15 is 0 Å². The normalized spacial score (nSPS) is 12.0. The first kappa shape index (κ1) is 32.4. The van der Waals surface area contributed by atoms with Crippen molar-refractivity contribution in [1.29, 1.82) is 0 Å². The van der Waals surface area contributed by atoms with Crippen molar-refractivity contribution in [3.63, 3.8) is 0 Å². The number of nitrogens with zero attached hydrogens (tertiary/aromatic N) is 5. The Morgan fingerprint density at radius 2 is 1.80 bits per heavy atom. The number of nitrogens with two attached hydrogens (primary N) is 2. The predicted octanol–water partition coefficient (Wildman–Crippen LogP) is 3.22. The minimum atomic E-state index is -0.999. The Balaban J connectivity index is 1.61. The number of benzene rings is 3. The maximum atomic E-state index is 13.0. The molecule has 3 aromatic carbocycles. The lowest BCUT2D eigenvalue weighted by atomic mass is 9.98. The lowest BCUT2D eigenvalue weighted by Gasteiger charge is -2.15. The van der Waals surface area contributed by atoms with Crippen LogP contribution < -0.4 is 16.3 Å². The average Bonchev–Trinajstić information content (AvgIpc) is 3.37. The van der Waals surface area contributed by atoms with Crippen LogP contribution >= 0.6 is 0 Å². The highest BCUT2D eigenvalue weighted by Crippen LogP contribution is 2.29. The summed E-state index contributed by atoms with van der Waals surface area (Å²) in [6, 6.07) is 20.4. The zero-order chi connectivity index (χ0) is 32.5. The fourth-order valence-electron chi connectivity index (χ4n) is 4.46. The summed E-state index contributed by atoms with van der Waals surface area (Å²) >= 11 is 0. The van der Waals surface area contributed by atoms with Crippen LogP contribution in [0.5, 0.6) is 6.01 Å². The lowest BCUT2D eigenvalue weighted by Crippen LogP contribution is -2.36. The van der Waals surface area contributed by atoms with Crippen LogP contribution in [0.3, 0.4) is 0 Å². The first-order chi connectivity index (χ1) is 21.6. The number of carbonyl (C=O) groups excluding carboxylic acids is 2. The number of ether oxygens (including phenoxy) is 3. The SMILES string of the molecule is CCOc1nc2cccc(C(=O)OC(C)OC)c2n1Cc1ccc(-c2ccccc2/C(N)=N/N(N)C(=O)CCO[N+](=O)[O-])cc1. The Morgan fingerprint density at radius 1 is 1.09 bits per heavy atom. The molecule has 1 unspecified atom stereocenters. The van der Waals surface area contributed by atoms with Crippen molar-refractivity contribution in [2.45, 2.75) is 33.1 Å². The predicted molar refractivity (Wildman–Crippen MR) is 163 cm³/mol. The summed E-state index contributed by atoms with van der Waals surface area (Å²) in [5, 5.41) is 13.8. The second-order valence-corrected chi connectivity index (χ2v) is 9.57. The second kappa shape index (κ2) is 14.8. The van der Waals surface area contributed by atoms with Gasteiger partial charge in [-0.15, -0.1) is 15.2 Å². The molecule has 1 amide bonds. The number of amidine groups is 1. The highest BCUT2D eigenvalue weighted by atomic mass is 16.9. The quantitative estimate of drug-likeness (QED) is 0.0307. The van der Waals surface area contributed by atoms with Crippen molar-refractivity contribution < 1.29 is 33.7 Å². The third-order valence-electron chi connectivity index (χ3n) is 6.62. The van der Waals surface area contributed by atoms with E-state index in [0.29, 0.717) is 46.4 Å². The zero-order valence-electron chi connectivity index (χ0n) is 24.9. The summed E-state index contributed by atoms with van der Waals surface area (Å²) in [7, 11) is 1.45. The zero-order valence-corrected chi connectivity index (χ0v) is 24.9. The third-order valence-corrected chi connectivity index (χ3v) is 6.62. The molecule has 236 valence electrons. The number of amides is 1. The molecule has 1 heterocycles. The van der Waals surface area contributed by atoms with Gasteiger partial charge in [0.2, 0.25) is 0 Å². The van der Waals surface area contributed by atoms with Crippen molar-refractivity contribution in [2.75, 3.05) is 20.3 Å². The molecule has 0 aliphatic rings. The van der Waals surface area contributed by atoms with Crippen LogP contribution in [-0.2, 0) is 25.7 Å². The summed E-state index contributed by atoms with van der Waals surface area (Å²) in [6.45, 7) is 3.73. The van der Waals surface area contributed by atoms with Gasteiger partial charge in [-0.25, -0.2) is 10.6 Å². The van der Waals surface area contributed by atoms with Gasteiger partial charge in [-0.2, -0.15) is 10.1 Å². The fraction of sp³-hybridized carbons (Fsp3) is 0.267. The van der Waals surface area contributed by atoms with Crippen LogP contribution in [0.4, 0.5) is 0 Å². The van der Waals surface area contributed by atoms with Crippen molar-refractivity contribution in [3.8, 4) is 17.1 Å². The summed E-state index contributed by atoms with van der Waals surface area (Å²) in [6.07, 6.45) is -1.09. The number of carbonyl (C=O) groups is 2. The number of para-hydroxylation sites is 1. The maximum Gasteiger partial charge on any atom is 0.342 e. The molecule has 0 spiro atoms. The molecule has 1 aromatic heterocycles. The Kier molecular flexibility index (Phi) is 10.6. The van der Waals surface area contributed by atoms with Gasteiger partial charge in [0.05, 0.1) is 36.2 Å². The number of esters is 1. The summed E-state index contributed by atoms with van der Waals surface area (Å²) in [4.78, 5) is 44.2. The van der Waals surface area contributed by atoms with Crippen molar-refractivity contribution in [1.82, 2.24) is 14.7 Å². The molecular weight excluding hydrogens is 586 g/mol. The van der Waals surface area contributed by atoms with Gasteiger partial charge in [0.25, 0.3) is 17.0 Å². The van der Waals surface area contributed by atoms with Gasteiger partial charge < -0.3 is 24.8 Å². The van der Waals surface area contributed by atoms with Gasteiger partial charge >= 0.3 is 5.97 Å². The van der Waals surface area contributed by atoms with E-state index < -0.39 is 29.9 Å². The van der Waals surface area contributed by atoms with E-state index in [1.165, 1.54) is 7.11 Å². The monoisotopic (exact) mass is 619 g/mol. The van der Waals surface area contributed by atoms with Crippen LogP contribution in [0, 0.1) is 10.1 Å². The second-order valence-electron chi connectivity index (χ2n) is 9.57. The highest BCUT2D eigenvalue weighted by molar-refractivity contribution is 6.04. The third kappa shape index (κ3) is 7.90. The summed E-state index contributed by atoms with van der Waals surface area (Å²) < 4.78 is 18.1. The Hall–Kier alpha value is -5.54. The molecule has 0 fully saturated rings. The topological polar surface area (TPSA) is 200 Å².